The Morgan fingerprint density at radius 1 is 1.47 bits per heavy atom. The van der Waals surface area contributed by atoms with Gasteiger partial charge >= 0.3 is 0 Å². The van der Waals surface area contributed by atoms with Crippen molar-refractivity contribution >= 4 is 21.7 Å². The number of halogens is 1. The van der Waals surface area contributed by atoms with E-state index in [0.29, 0.717) is 16.8 Å². The lowest BCUT2D eigenvalue weighted by atomic mass is 10.2. The summed E-state index contributed by atoms with van der Waals surface area (Å²) in [7, 11) is 0. The van der Waals surface area contributed by atoms with Crippen molar-refractivity contribution in [3.8, 4) is 0 Å². The van der Waals surface area contributed by atoms with Crippen molar-refractivity contribution in [3.63, 3.8) is 0 Å². The molecular formula is C11H11BrN4O. The molecule has 2 aromatic rings. The molecule has 88 valence electrons. The molecule has 0 bridgehead atoms. The fourth-order valence-electron chi connectivity index (χ4n) is 1.48. The Hall–Kier alpha value is -1.66. The molecule has 0 amide bonds. The summed E-state index contributed by atoms with van der Waals surface area (Å²) in [6.07, 6.45) is 3.39. The van der Waals surface area contributed by atoms with Crippen LogP contribution in [0.4, 0.5) is 5.82 Å². The fraction of sp³-hybridized carbons (Fsp3) is 0.0909. The molecule has 17 heavy (non-hydrogen) atoms. The van der Waals surface area contributed by atoms with E-state index in [4.69, 9.17) is 5.84 Å². The average molecular weight is 295 g/mol. The summed E-state index contributed by atoms with van der Waals surface area (Å²) in [5.41, 5.74) is 3.36. The van der Waals surface area contributed by atoms with Crippen molar-refractivity contribution in [2.75, 3.05) is 5.43 Å². The first-order valence-corrected chi connectivity index (χ1v) is 5.76. The van der Waals surface area contributed by atoms with E-state index in [1.807, 2.05) is 12.1 Å². The largest absolute Gasteiger partial charge is 0.310 e. The van der Waals surface area contributed by atoms with Crippen LogP contribution >= 0.6 is 15.9 Å². The molecule has 0 saturated heterocycles. The molecule has 0 fully saturated rings. The Labute approximate surface area is 106 Å². The van der Waals surface area contributed by atoms with Crippen LogP contribution in [-0.2, 0) is 6.54 Å². The number of nitrogens with one attached hydrogen (secondary N) is 1. The van der Waals surface area contributed by atoms with Crippen LogP contribution in [0.25, 0.3) is 0 Å². The first-order valence-electron chi connectivity index (χ1n) is 4.97. The van der Waals surface area contributed by atoms with Gasteiger partial charge in [-0.05, 0) is 45.8 Å². The topological polar surface area (TPSA) is 72.9 Å². The molecule has 0 unspecified atom stereocenters. The number of hydrazine groups is 1. The minimum absolute atomic E-state index is 0.0634. The van der Waals surface area contributed by atoms with Crippen molar-refractivity contribution in [1.29, 1.82) is 0 Å². The third-order valence-electron chi connectivity index (χ3n) is 2.30. The van der Waals surface area contributed by atoms with E-state index >= 15 is 0 Å². The molecule has 0 aliphatic heterocycles. The molecular weight excluding hydrogens is 284 g/mol. The standard InChI is InChI=1S/C11H11BrN4O/c12-9-2-1-5-16(11(9)17)7-8-3-4-14-10(6-8)15-13/h1-6H,7,13H2,(H,14,15). The number of nitrogens with zero attached hydrogens (tertiary/aromatic N) is 2. The van der Waals surface area contributed by atoms with Gasteiger partial charge in [-0.15, -0.1) is 0 Å². The second-order valence-corrected chi connectivity index (χ2v) is 4.34. The molecule has 0 aliphatic rings. The molecule has 0 saturated carbocycles. The number of nitrogens with two attached hydrogens (primary N) is 1. The third kappa shape index (κ3) is 2.72. The molecule has 5 nitrogen and oxygen atoms in total. The minimum atomic E-state index is -0.0634. The third-order valence-corrected chi connectivity index (χ3v) is 2.90. The molecule has 0 aliphatic carbocycles. The van der Waals surface area contributed by atoms with Crippen LogP contribution < -0.4 is 16.8 Å². The Balaban J connectivity index is 2.31. The van der Waals surface area contributed by atoms with Gasteiger partial charge < -0.3 is 9.99 Å². The van der Waals surface area contributed by atoms with Crippen LogP contribution in [0.2, 0.25) is 0 Å². The minimum Gasteiger partial charge on any atom is -0.310 e. The lowest BCUT2D eigenvalue weighted by Crippen LogP contribution is -2.20. The van der Waals surface area contributed by atoms with Gasteiger partial charge in [-0.2, -0.15) is 0 Å². The first-order chi connectivity index (χ1) is 8.20. The summed E-state index contributed by atoms with van der Waals surface area (Å²) in [6.45, 7) is 0.482. The summed E-state index contributed by atoms with van der Waals surface area (Å²) in [5.74, 6) is 5.85. The highest BCUT2D eigenvalue weighted by molar-refractivity contribution is 9.10. The number of rotatable bonds is 3. The highest BCUT2D eigenvalue weighted by atomic mass is 79.9. The van der Waals surface area contributed by atoms with E-state index in [9.17, 15) is 4.79 Å². The zero-order chi connectivity index (χ0) is 12.3. The van der Waals surface area contributed by atoms with Crippen molar-refractivity contribution in [2.24, 2.45) is 5.84 Å². The van der Waals surface area contributed by atoms with Gasteiger partial charge in [-0.25, -0.2) is 10.8 Å². The van der Waals surface area contributed by atoms with Crippen LogP contribution in [0, 0.1) is 0 Å². The van der Waals surface area contributed by atoms with Gasteiger partial charge in [0.15, 0.2) is 0 Å². The maximum atomic E-state index is 11.8. The number of aromatic nitrogens is 2. The van der Waals surface area contributed by atoms with Crippen LogP contribution in [0.5, 0.6) is 0 Å². The molecule has 2 rings (SSSR count). The van der Waals surface area contributed by atoms with Gasteiger partial charge in [0.05, 0.1) is 11.0 Å². The molecule has 2 aromatic heterocycles. The summed E-state index contributed by atoms with van der Waals surface area (Å²) < 4.78 is 2.16. The zero-order valence-electron chi connectivity index (χ0n) is 8.93. The van der Waals surface area contributed by atoms with Crippen molar-refractivity contribution in [3.05, 3.63) is 57.0 Å². The maximum absolute atomic E-state index is 11.8. The summed E-state index contributed by atoms with van der Waals surface area (Å²) in [4.78, 5) is 15.8. The smallest absolute Gasteiger partial charge is 0.265 e. The molecule has 0 atom stereocenters. The first kappa shape index (κ1) is 11.8. The summed E-state index contributed by atoms with van der Waals surface area (Å²) >= 11 is 3.21. The van der Waals surface area contributed by atoms with Gasteiger partial charge in [0, 0.05) is 12.4 Å². The van der Waals surface area contributed by atoms with Crippen LogP contribution in [0.1, 0.15) is 5.56 Å². The zero-order valence-corrected chi connectivity index (χ0v) is 10.5. The van der Waals surface area contributed by atoms with Gasteiger partial charge in [0.1, 0.15) is 5.82 Å². The van der Waals surface area contributed by atoms with Gasteiger partial charge in [0.2, 0.25) is 0 Å². The van der Waals surface area contributed by atoms with E-state index in [-0.39, 0.29) is 5.56 Å². The number of anilines is 1. The molecule has 0 radical (unpaired) electrons. The Morgan fingerprint density at radius 3 is 3.06 bits per heavy atom. The Kier molecular flexibility index (Phi) is 3.55. The lowest BCUT2D eigenvalue weighted by molar-refractivity contribution is 0.754. The van der Waals surface area contributed by atoms with Crippen LogP contribution in [-0.4, -0.2) is 9.55 Å². The van der Waals surface area contributed by atoms with Gasteiger partial charge in [-0.3, -0.25) is 4.79 Å². The Morgan fingerprint density at radius 2 is 2.29 bits per heavy atom. The molecule has 6 heteroatoms. The van der Waals surface area contributed by atoms with Crippen molar-refractivity contribution in [2.45, 2.75) is 6.54 Å². The van der Waals surface area contributed by atoms with E-state index < -0.39 is 0 Å². The maximum Gasteiger partial charge on any atom is 0.265 e. The second kappa shape index (κ2) is 5.11. The molecule has 0 spiro atoms. The van der Waals surface area contributed by atoms with Crippen LogP contribution in [0.15, 0.2) is 45.9 Å². The quantitative estimate of drug-likeness (QED) is 0.662. The van der Waals surface area contributed by atoms with E-state index in [1.165, 1.54) is 0 Å². The molecule has 0 aromatic carbocycles. The van der Waals surface area contributed by atoms with Gasteiger partial charge in [-0.1, -0.05) is 0 Å². The molecule has 2 heterocycles. The summed E-state index contributed by atoms with van der Waals surface area (Å²) in [6, 6.07) is 7.18. The second-order valence-electron chi connectivity index (χ2n) is 3.48. The van der Waals surface area contributed by atoms with Crippen LogP contribution in [0.3, 0.4) is 0 Å². The highest BCUT2D eigenvalue weighted by Crippen LogP contribution is 2.07. The van der Waals surface area contributed by atoms with E-state index in [1.54, 1.807) is 29.1 Å². The Bertz CT molecular complexity index is 582. The number of hydrogen-bond donors (Lipinski definition) is 2. The summed E-state index contributed by atoms with van der Waals surface area (Å²) in [5, 5.41) is 0. The number of hydrogen-bond acceptors (Lipinski definition) is 4. The predicted octanol–water partition coefficient (Wildman–Crippen LogP) is 1.34. The monoisotopic (exact) mass is 294 g/mol. The number of nitrogen functional groups attached to an aromatic ring is 1. The average Bonchev–Trinajstić information content (AvgIpc) is 2.35. The van der Waals surface area contributed by atoms with Gasteiger partial charge in [0.25, 0.3) is 5.56 Å². The van der Waals surface area contributed by atoms with Crippen molar-refractivity contribution < 1.29 is 0 Å². The number of pyridine rings is 2. The van der Waals surface area contributed by atoms with E-state index in [0.717, 1.165) is 5.56 Å². The SMILES string of the molecule is NNc1cc(Cn2cccc(Br)c2=O)ccn1. The van der Waals surface area contributed by atoms with E-state index in [2.05, 4.69) is 26.3 Å². The highest BCUT2D eigenvalue weighted by Gasteiger charge is 2.02. The molecule has 3 N–H and O–H groups in total. The van der Waals surface area contributed by atoms with Crippen molar-refractivity contribution in [1.82, 2.24) is 9.55 Å². The lowest BCUT2D eigenvalue weighted by Gasteiger charge is -2.07. The normalized spacial score (nSPS) is 10.2. The predicted molar refractivity (Wildman–Crippen MR) is 69.6 cm³/mol. The fourth-order valence-corrected chi connectivity index (χ4v) is 1.86.